The minimum absolute atomic E-state index is 0. The van der Waals surface area contributed by atoms with Gasteiger partial charge >= 0.3 is 40.9 Å². The zero-order valence-electron chi connectivity index (χ0n) is 8.69. The zero-order valence-corrected chi connectivity index (χ0v) is 12.3. The molecule has 0 unspecified atom stereocenters. The minimum atomic E-state index is -5.04. The van der Waals surface area contributed by atoms with Gasteiger partial charge in [0, 0.05) is 6.07 Å². The van der Waals surface area contributed by atoms with Gasteiger partial charge in [-0.15, -0.1) is 0 Å². The number of rotatable bonds is 3. The first-order valence-electron chi connectivity index (χ1n) is 3.73. The predicted octanol–water partition coefficient (Wildman–Crippen LogP) is -1.94. The van der Waals surface area contributed by atoms with Crippen LogP contribution in [-0.2, 0) is 10.1 Å². The summed E-state index contributed by atoms with van der Waals surface area (Å²) < 4.78 is 32.0. The molecule has 0 saturated carbocycles. The van der Waals surface area contributed by atoms with E-state index in [0.29, 0.717) is 12.1 Å². The van der Waals surface area contributed by atoms with Gasteiger partial charge in [0.25, 0.3) is 0 Å². The number of nitro benzene ring substituents is 2. The second-order valence-corrected chi connectivity index (χ2v) is 4.44. The molecule has 0 saturated heterocycles. The summed E-state index contributed by atoms with van der Waals surface area (Å²) in [6.07, 6.45) is 0. The second kappa shape index (κ2) is 5.91. The summed E-state index contributed by atoms with van der Waals surface area (Å²) in [5, 5.41) is 19.9. The maximum Gasteiger partial charge on any atom is 1.00 e. The number of nitro groups is 2. The number of benzene rings is 1. The molecule has 0 aliphatic rings. The van der Waals surface area contributed by atoms with E-state index in [1.807, 2.05) is 0 Å². The van der Waals surface area contributed by atoms with E-state index in [1.165, 1.54) is 0 Å². The summed E-state index contributed by atoms with van der Waals surface area (Å²) in [6.45, 7) is 0. The van der Waals surface area contributed by atoms with Gasteiger partial charge in [-0.05, 0) is 6.07 Å². The molecule has 1 aromatic carbocycles. The van der Waals surface area contributed by atoms with Gasteiger partial charge in [0.05, 0.1) is 14.7 Å². The van der Waals surface area contributed by atoms with Crippen molar-refractivity contribution >= 4 is 33.1 Å². The van der Waals surface area contributed by atoms with Crippen LogP contribution in [0.25, 0.3) is 0 Å². The average Bonchev–Trinajstić information content (AvgIpc) is 2.13. The van der Waals surface area contributed by atoms with Gasteiger partial charge < -0.3 is 4.55 Å². The summed E-state index contributed by atoms with van der Waals surface area (Å²) in [5.74, 6) is 0. The molecule has 9 nitrogen and oxygen atoms in total. The van der Waals surface area contributed by atoms with Crippen LogP contribution in [0.4, 0.5) is 11.4 Å². The van der Waals surface area contributed by atoms with Crippen LogP contribution < -0.4 is 29.6 Å². The maximum absolute atomic E-state index is 10.7. The maximum atomic E-state index is 10.7. The fraction of sp³-hybridized carbons (Fsp3) is 0. The van der Waals surface area contributed by atoms with Gasteiger partial charge in [-0.1, -0.05) is 11.6 Å². The van der Waals surface area contributed by atoms with Crippen molar-refractivity contribution in [1.29, 1.82) is 0 Å². The van der Waals surface area contributed by atoms with Gasteiger partial charge in [0.15, 0.2) is 0 Å². The number of hydrogen-bond acceptors (Lipinski definition) is 7. The van der Waals surface area contributed by atoms with Crippen molar-refractivity contribution in [2.24, 2.45) is 0 Å². The Balaban J connectivity index is 0.00000289. The summed E-state index contributed by atoms with van der Waals surface area (Å²) in [4.78, 5) is 17.6. The molecule has 92 valence electrons. The number of halogens is 1. The smallest absolute Gasteiger partial charge is 0.744 e. The molecule has 0 fully saturated rings. The van der Waals surface area contributed by atoms with E-state index in [4.69, 9.17) is 11.6 Å². The Morgan fingerprint density at radius 1 is 1.11 bits per heavy atom. The molecule has 0 aromatic heterocycles. The fourth-order valence-electron chi connectivity index (χ4n) is 1.05. The second-order valence-electron chi connectivity index (χ2n) is 2.71. The van der Waals surface area contributed by atoms with Crippen molar-refractivity contribution < 1.29 is 52.4 Å². The van der Waals surface area contributed by atoms with Crippen molar-refractivity contribution in [2.45, 2.75) is 4.90 Å². The van der Waals surface area contributed by atoms with Gasteiger partial charge in [0.1, 0.15) is 15.1 Å². The quantitative estimate of drug-likeness (QED) is 0.273. The molecule has 1 rings (SSSR count). The predicted molar refractivity (Wildman–Crippen MR) is 52.7 cm³/mol. The number of nitrogens with zero attached hydrogens (tertiary/aromatic N) is 2. The molecule has 0 bridgehead atoms. The van der Waals surface area contributed by atoms with Crippen LogP contribution in [0.1, 0.15) is 0 Å². The Kier molecular flexibility index (Phi) is 5.65. The van der Waals surface area contributed by atoms with E-state index < -0.39 is 41.3 Å². The van der Waals surface area contributed by atoms with E-state index in [-0.39, 0.29) is 29.6 Å². The summed E-state index contributed by atoms with van der Waals surface area (Å²) in [6, 6.07) is 1.09. The van der Waals surface area contributed by atoms with Crippen LogP contribution in [0.2, 0.25) is 5.02 Å². The third kappa shape index (κ3) is 3.37. The van der Waals surface area contributed by atoms with Gasteiger partial charge in [-0.25, -0.2) is 8.42 Å². The first kappa shape index (κ1) is 17.2. The zero-order chi connectivity index (χ0) is 13.4. The Labute approximate surface area is 127 Å². The van der Waals surface area contributed by atoms with E-state index in [9.17, 15) is 33.2 Å². The van der Waals surface area contributed by atoms with Crippen LogP contribution in [-0.4, -0.2) is 22.8 Å². The van der Waals surface area contributed by atoms with E-state index in [1.54, 1.807) is 0 Å². The molecule has 12 heteroatoms. The summed E-state index contributed by atoms with van der Waals surface area (Å²) in [5.41, 5.74) is -2.22. The first-order chi connectivity index (χ1) is 7.66. The van der Waals surface area contributed by atoms with E-state index >= 15 is 0 Å². The molecule has 0 amide bonds. The van der Waals surface area contributed by atoms with Crippen molar-refractivity contribution in [3.63, 3.8) is 0 Å². The minimum Gasteiger partial charge on any atom is -0.744 e. The SMILES string of the molecule is O=[N+]([O-])c1ccc(S(=O)(=O)[O-])c(Cl)c1[N+](=O)[O-].[Na+]. The van der Waals surface area contributed by atoms with Crippen molar-refractivity contribution in [3.8, 4) is 0 Å². The molecular weight excluding hydrogens is 303 g/mol. The van der Waals surface area contributed by atoms with Crippen molar-refractivity contribution in [2.75, 3.05) is 0 Å². The molecule has 0 N–H and O–H groups in total. The molecule has 1 aromatic rings. The molecule has 0 spiro atoms. The topological polar surface area (TPSA) is 143 Å². The van der Waals surface area contributed by atoms with Crippen molar-refractivity contribution in [3.05, 3.63) is 37.4 Å². The molecule has 0 radical (unpaired) electrons. The monoisotopic (exact) mass is 304 g/mol. The standard InChI is InChI=1S/C6H3ClN2O7S.Na/c7-5-4(17(14,15)16)2-1-3(8(10)11)6(5)9(12)13;/h1-2H,(H,14,15,16);/q;+1/p-1. The number of hydrogen-bond donors (Lipinski definition) is 0. The van der Waals surface area contributed by atoms with Crippen LogP contribution in [0.15, 0.2) is 17.0 Å². The summed E-state index contributed by atoms with van der Waals surface area (Å²) >= 11 is 5.31. The van der Waals surface area contributed by atoms with Gasteiger partial charge in [0.2, 0.25) is 0 Å². The normalized spacial score (nSPS) is 10.6. The molecule has 0 heterocycles. The van der Waals surface area contributed by atoms with E-state index in [2.05, 4.69) is 0 Å². The molecule has 0 aliphatic heterocycles. The molecule has 18 heavy (non-hydrogen) atoms. The Bertz CT molecular complexity index is 617. The van der Waals surface area contributed by atoms with Crippen LogP contribution in [0, 0.1) is 20.2 Å². The van der Waals surface area contributed by atoms with Gasteiger partial charge in [-0.3, -0.25) is 20.2 Å². The van der Waals surface area contributed by atoms with Crippen LogP contribution in [0.3, 0.4) is 0 Å². The fourth-order valence-corrected chi connectivity index (χ4v) is 2.11. The Hall–Kier alpha value is -0.780. The average molecular weight is 305 g/mol. The van der Waals surface area contributed by atoms with Crippen LogP contribution >= 0.6 is 11.6 Å². The first-order valence-corrected chi connectivity index (χ1v) is 5.52. The largest absolute Gasteiger partial charge is 1.00 e. The van der Waals surface area contributed by atoms with Crippen LogP contribution in [0.5, 0.6) is 0 Å². The third-order valence-electron chi connectivity index (χ3n) is 1.71. The molecule has 0 atom stereocenters. The summed E-state index contributed by atoms with van der Waals surface area (Å²) in [7, 11) is -5.04. The van der Waals surface area contributed by atoms with Gasteiger partial charge in [-0.2, -0.15) is 0 Å². The molecular formula is C6H2ClN2NaO7S. The molecule has 0 aliphatic carbocycles. The van der Waals surface area contributed by atoms with E-state index in [0.717, 1.165) is 0 Å². The Morgan fingerprint density at radius 3 is 1.94 bits per heavy atom. The third-order valence-corrected chi connectivity index (χ3v) is 3.08. The van der Waals surface area contributed by atoms with Crippen molar-refractivity contribution in [1.82, 2.24) is 0 Å². The Morgan fingerprint density at radius 2 is 1.61 bits per heavy atom.